The number of carbonyl (C=O) groups excluding carboxylic acids is 2. The highest BCUT2D eigenvalue weighted by atomic mass is 16.2. The Morgan fingerprint density at radius 1 is 1.00 bits per heavy atom. The predicted molar refractivity (Wildman–Crippen MR) is 104 cm³/mol. The first-order valence-electron chi connectivity index (χ1n) is 8.69. The van der Waals surface area contributed by atoms with Crippen molar-refractivity contribution in [3.63, 3.8) is 0 Å². The Bertz CT molecular complexity index is 949. The number of nitrogens with one attached hydrogen (secondary N) is 1. The third-order valence-electron chi connectivity index (χ3n) is 4.43. The number of Topliss-reactive ketones (excluding diaryl/α,β-unsaturated/α-hetero) is 1. The lowest BCUT2D eigenvalue weighted by molar-refractivity contribution is -0.117. The molecule has 0 saturated carbocycles. The molecular weight excluding hydrogens is 340 g/mol. The first-order chi connectivity index (χ1) is 13.0. The van der Waals surface area contributed by atoms with Crippen molar-refractivity contribution >= 4 is 17.4 Å². The zero-order valence-corrected chi connectivity index (χ0v) is 15.6. The van der Waals surface area contributed by atoms with Gasteiger partial charge in [0.05, 0.1) is 23.5 Å². The molecule has 0 fully saturated rings. The largest absolute Gasteiger partial charge is 0.311 e. The van der Waals surface area contributed by atoms with Gasteiger partial charge in [-0.15, -0.1) is 0 Å². The van der Waals surface area contributed by atoms with Crippen molar-refractivity contribution in [2.45, 2.75) is 20.4 Å². The molecule has 3 aromatic rings. The van der Waals surface area contributed by atoms with Crippen LogP contribution in [0.3, 0.4) is 0 Å². The average Bonchev–Trinajstić information content (AvgIpc) is 2.94. The smallest absolute Gasteiger partial charge is 0.283 e. The summed E-state index contributed by atoms with van der Waals surface area (Å²) >= 11 is 0. The zero-order chi connectivity index (χ0) is 19.4. The highest BCUT2D eigenvalue weighted by Gasteiger charge is 2.25. The van der Waals surface area contributed by atoms with Crippen LogP contribution < -0.4 is 10.4 Å². The summed E-state index contributed by atoms with van der Waals surface area (Å²) in [6.45, 7) is 3.95. The molecule has 6 heteroatoms. The Morgan fingerprint density at radius 3 is 2.15 bits per heavy atom. The van der Waals surface area contributed by atoms with Crippen molar-refractivity contribution in [2.75, 3.05) is 5.01 Å². The van der Waals surface area contributed by atoms with E-state index >= 15 is 0 Å². The summed E-state index contributed by atoms with van der Waals surface area (Å²) in [5, 5.41) is 5.90. The first-order valence-corrected chi connectivity index (χ1v) is 8.69. The highest BCUT2D eigenvalue weighted by molar-refractivity contribution is 6.43. The number of hydrogen-bond donors (Lipinski definition) is 1. The molecule has 2 aromatic carbocycles. The Labute approximate surface area is 158 Å². The second kappa shape index (κ2) is 7.86. The summed E-state index contributed by atoms with van der Waals surface area (Å²) in [4.78, 5) is 25.4. The molecule has 1 amide bonds. The normalized spacial score (nSPS) is 10.5. The Morgan fingerprint density at radius 2 is 1.59 bits per heavy atom. The van der Waals surface area contributed by atoms with Gasteiger partial charge in [-0.25, -0.2) is 0 Å². The fourth-order valence-electron chi connectivity index (χ4n) is 2.96. The van der Waals surface area contributed by atoms with Gasteiger partial charge in [0.15, 0.2) is 0 Å². The predicted octanol–water partition coefficient (Wildman–Crippen LogP) is 2.96. The van der Waals surface area contributed by atoms with Gasteiger partial charge in [0.1, 0.15) is 0 Å². The van der Waals surface area contributed by atoms with Crippen LogP contribution in [0.5, 0.6) is 0 Å². The monoisotopic (exact) mass is 362 g/mol. The van der Waals surface area contributed by atoms with E-state index in [1.165, 1.54) is 0 Å². The van der Waals surface area contributed by atoms with Crippen LogP contribution in [0.4, 0.5) is 5.69 Å². The number of anilines is 1. The van der Waals surface area contributed by atoms with Crippen LogP contribution in [0.15, 0.2) is 60.7 Å². The molecular formula is C21H22N4O2. The molecule has 1 heterocycles. The number of carbonyl (C=O) groups is 2. The van der Waals surface area contributed by atoms with E-state index in [1.54, 1.807) is 30.6 Å². The lowest BCUT2D eigenvalue weighted by atomic mass is 10.1. The summed E-state index contributed by atoms with van der Waals surface area (Å²) in [5.41, 5.74) is 6.13. The molecule has 0 bridgehead atoms. The molecule has 0 radical (unpaired) electrons. The molecule has 0 aliphatic rings. The van der Waals surface area contributed by atoms with Gasteiger partial charge >= 0.3 is 5.91 Å². The molecule has 0 unspecified atom stereocenters. The number of aryl methyl sites for hydroxylation is 2. The third-order valence-corrected chi connectivity index (χ3v) is 4.43. The van der Waals surface area contributed by atoms with E-state index in [1.807, 2.05) is 60.7 Å². The summed E-state index contributed by atoms with van der Waals surface area (Å²) in [5.74, 6) is -1.28. The second-order valence-electron chi connectivity index (χ2n) is 6.35. The topological polar surface area (TPSA) is 67.2 Å². The number of hydrogen-bond acceptors (Lipinski definition) is 4. The minimum atomic E-state index is -0.686. The average molecular weight is 362 g/mol. The molecule has 27 heavy (non-hydrogen) atoms. The second-order valence-corrected chi connectivity index (χ2v) is 6.35. The van der Waals surface area contributed by atoms with Gasteiger partial charge in [-0.1, -0.05) is 48.5 Å². The molecule has 3 rings (SSSR count). The van der Waals surface area contributed by atoms with Crippen molar-refractivity contribution in [1.82, 2.24) is 15.2 Å². The first kappa shape index (κ1) is 18.4. The molecule has 6 nitrogen and oxygen atoms in total. The maximum Gasteiger partial charge on any atom is 0.311 e. The summed E-state index contributed by atoms with van der Waals surface area (Å²) < 4.78 is 1.61. The maximum absolute atomic E-state index is 12.7. The quantitative estimate of drug-likeness (QED) is 0.416. The fourth-order valence-corrected chi connectivity index (χ4v) is 2.96. The fraction of sp³-hybridized carbons (Fsp3) is 0.190. The van der Waals surface area contributed by atoms with Gasteiger partial charge in [0.25, 0.3) is 5.78 Å². The van der Waals surface area contributed by atoms with Gasteiger partial charge in [0, 0.05) is 12.7 Å². The maximum atomic E-state index is 12.7. The number of nitrogens with zero attached hydrogens (tertiary/aromatic N) is 3. The number of rotatable bonds is 6. The van der Waals surface area contributed by atoms with Gasteiger partial charge in [0.2, 0.25) is 0 Å². The van der Waals surface area contributed by atoms with Crippen molar-refractivity contribution in [2.24, 2.45) is 7.05 Å². The zero-order valence-electron chi connectivity index (χ0n) is 15.6. The van der Waals surface area contributed by atoms with Gasteiger partial charge in [-0.2, -0.15) is 5.10 Å². The van der Waals surface area contributed by atoms with E-state index in [4.69, 9.17) is 0 Å². The molecule has 1 aromatic heterocycles. The van der Waals surface area contributed by atoms with Crippen LogP contribution in [0.1, 0.15) is 27.3 Å². The van der Waals surface area contributed by atoms with Crippen LogP contribution >= 0.6 is 0 Å². The summed E-state index contributed by atoms with van der Waals surface area (Å²) in [6, 6.07) is 19.2. The van der Waals surface area contributed by atoms with Crippen molar-refractivity contribution < 1.29 is 9.59 Å². The molecule has 0 aliphatic carbocycles. The van der Waals surface area contributed by atoms with Crippen LogP contribution in [0.25, 0.3) is 0 Å². The molecule has 0 spiro atoms. The number of hydrazine groups is 1. The minimum absolute atomic E-state index is 0.350. The van der Waals surface area contributed by atoms with E-state index < -0.39 is 11.7 Å². The lowest BCUT2D eigenvalue weighted by Gasteiger charge is -2.25. The van der Waals surface area contributed by atoms with E-state index in [9.17, 15) is 9.59 Å². The molecule has 138 valence electrons. The number of amides is 1. The van der Waals surface area contributed by atoms with Gasteiger partial charge in [-0.05, 0) is 31.5 Å². The van der Waals surface area contributed by atoms with Crippen LogP contribution in [0.2, 0.25) is 0 Å². The van der Waals surface area contributed by atoms with E-state index in [0.29, 0.717) is 23.5 Å². The van der Waals surface area contributed by atoms with E-state index in [0.717, 1.165) is 11.3 Å². The third kappa shape index (κ3) is 4.06. The van der Waals surface area contributed by atoms with Crippen LogP contribution in [-0.2, 0) is 18.4 Å². The Kier molecular flexibility index (Phi) is 5.35. The van der Waals surface area contributed by atoms with Crippen LogP contribution in [0, 0.1) is 13.8 Å². The molecule has 1 N–H and O–H groups in total. The number of aromatic nitrogens is 2. The Hall–Kier alpha value is -3.41. The van der Waals surface area contributed by atoms with Gasteiger partial charge < -0.3 is 0 Å². The molecule has 0 saturated heterocycles. The molecule has 0 atom stereocenters. The highest BCUT2D eigenvalue weighted by Crippen LogP contribution is 2.16. The number of ketones is 1. The number of para-hydroxylation sites is 1. The van der Waals surface area contributed by atoms with Gasteiger partial charge in [-0.3, -0.25) is 24.7 Å². The van der Waals surface area contributed by atoms with Crippen molar-refractivity contribution in [3.05, 3.63) is 83.2 Å². The summed E-state index contributed by atoms with van der Waals surface area (Å²) in [7, 11) is 1.75. The van der Waals surface area contributed by atoms with Crippen molar-refractivity contribution in [1.29, 1.82) is 0 Å². The lowest BCUT2D eigenvalue weighted by Crippen LogP contribution is -2.45. The standard InChI is InChI=1S/C21H22N4O2/c1-15-19(16(2)24(3)22-15)20(26)21(27)23-25(18-12-8-5-9-13-18)14-17-10-6-4-7-11-17/h4-13H,14H2,1-3H3,(H,23,27). The van der Waals surface area contributed by atoms with Crippen molar-refractivity contribution in [3.8, 4) is 0 Å². The minimum Gasteiger partial charge on any atom is -0.283 e. The van der Waals surface area contributed by atoms with Crippen LogP contribution in [-0.4, -0.2) is 21.5 Å². The number of benzene rings is 2. The molecule has 0 aliphatic heterocycles. The SMILES string of the molecule is Cc1nn(C)c(C)c1C(=O)C(=O)NN(Cc1ccccc1)c1ccccc1. The Balaban J connectivity index is 1.85. The van der Waals surface area contributed by atoms with E-state index in [2.05, 4.69) is 10.5 Å². The van der Waals surface area contributed by atoms with E-state index in [-0.39, 0.29) is 0 Å². The summed E-state index contributed by atoms with van der Waals surface area (Å²) in [6.07, 6.45) is 0.